The van der Waals surface area contributed by atoms with E-state index in [1.54, 1.807) is 12.1 Å². The molecular weight excluding hydrogens is 180 g/mol. The molecule has 14 heavy (non-hydrogen) atoms. The molecule has 0 radical (unpaired) electrons. The molecule has 0 saturated heterocycles. The van der Waals surface area contributed by atoms with Crippen molar-refractivity contribution in [2.24, 2.45) is 0 Å². The van der Waals surface area contributed by atoms with Crippen molar-refractivity contribution in [2.45, 2.75) is 0 Å². The van der Waals surface area contributed by atoms with Gasteiger partial charge in [-0.2, -0.15) is 5.10 Å². The Morgan fingerprint density at radius 3 is 2.64 bits per heavy atom. The highest BCUT2D eigenvalue weighted by Gasteiger charge is 2.09. The summed E-state index contributed by atoms with van der Waals surface area (Å²) in [6, 6.07) is 9.15. The zero-order valence-electron chi connectivity index (χ0n) is 7.29. The minimum Gasteiger partial charge on any atom is -0.504 e. The van der Waals surface area contributed by atoms with Crippen molar-refractivity contribution in [3.63, 3.8) is 0 Å². The molecule has 0 atom stereocenters. The van der Waals surface area contributed by atoms with Crippen LogP contribution in [0.3, 0.4) is 0 Å². The summed E-state index contributed by atoms with van der Waals surface area (Å²) < 4.78 is 1.39. The van der Waals surface area contributed by atoms with Crippen molar-refractivity contribution in [1.29, 1.82) is 0 Å². The van der Waals surface area contributed by atoms with E-state index in [-0.39, 0.29) is 11.4 Å². The van der Waals surface area contributed by atoms with Crippen LogP contribution in [0, 0.1) is 0 Å². The second-order valence-corrected chi connectivity index (χ2v) is 2.78. The fraction of sp³-hybridized carbons (Fsp3) is 0. The molecule has 2 rings (SSSR count). The number of rotatable bonds is 2. The number of carbonyl (C=O) groups excluding carboxylic acids is 1. The molecule has 2 aromatic rings. The van der Waals surface area contributed by atoms with Crippen LogP contribution >= 0.6 is 0 Å². The summed E-state index contributed by atoms with van der Waals surface area (Å²) >= 11 is 0. The molecule has 0 fully saturated rings. The molecule has 4 nitrogen and oxygen atoms in total. The second kappa shape index (κ2) is 3.33. The lowest BCUT2D eigenvalue weighted by molar-refractivity contribution is 0.111. The Morgan fingerprint density at radius 2 is 2.00 bits per heavy atom. The van der Waals surface area contributed by atoms with Crippen LogP contribution in [0.5, 0.6) is 5.75 Å². The Kier molecular flexibility index (Phi) is 2.02. The van der Waals surface area contributed by atoms with Gasteiger partial charge in [0.25, 0.3) is 0 Å². The number of benzene rings is 1. The molecule has 0 bridgehead atoms. The number of hydrogen-bond acceptors (Lipinski definition) is 3. The lowest BCUT2D eigenvalue weighted by atomic mass is 10.3. The van der Waals surface area contributed by atoms with E-state index in [2.05, 4.69) is 5.10 Å². The molecule has 4 heteroatoms. The Hall–Kier alpha value is -2.10. The van der Waals surface area contributed by atoms with Gasteiger partial charge in [0, 0.05) is 0 Å². The highest BCUT2D eigenvalue weighted by Crippen LogP contribution is 2.17. The van der Waals surface area contributed by atoms with Gasteiger partial charge in [-0.1, -0.05) is 18.2 Å². The minimum absolute atomic E-state index is 0.108. The minimum atomic E-state index is -0.108. The SMILES string of the molecule is O=Cc1c(O)cnn1-c1ccccc1. The second-order valence-electron chi connectivity index (χ2n) is 2.78. The molecule has 1 aromatic heterocycles. The van der Waals surface area contributed by atoms with E-state index in [1.165, 1.54) is 10.9 Å². The molecule has 0 aliphatic heterocycles. The van der Waals surface area contributed by atoms with Crippen molar-refractivity contribution < 1.29 is 9.90 Å². The number of carbonyl (C=O) groups is 1. The van der Waals surface area contributed by atoms with Crippen LogP contribution < -0.4 is 0 Å². The van der Waals surface area contributed by atoms with Crippen LogP contribution in [0.1, 0.15) is 10.5 Å². The van der Waals surface area contributed by atoms with E-state index >= 15 is 0 Å². The van der Waals surface area contributed by atoms with Crippen LogP contribution in [0.25, 0.3) is 5.69 Å². The van der Waals surface area contributed by atoms with Crippen molar-refractivity contribution in [3.8, 4) is 11.4 Å². The third kappa shape index (κ3) is 1.26. The molecule has 1 N–H and O–H groups in total. The third-order valence-electron chi connectivity index (χ3n) is 1.90. The van der Waals surface area contributed by atoms with Crippen LogP contribution in [-0.4, -0.2) is 21.2 Å². The van der Waals surface area contributed by atoms with E-state index < -0.39 is 0 Å². The van der Waals surface area contributed by atoms with Crippen LogP contribution in [0.2, 0.25) is 0 Å². The number of hydrogen-bond donors (Lipinski definition) is 1. The summed E-state index contributed by atoms with van der Waals surface area (Å²) in [7, 11) is 0. The summed E-state index contributed by atoms with van der Waals surface area (Å²) in [6.07, 6.45) is 1.83. The monoisotopic (exact) mass is 188 g/mol. The average Bonchev–Trinajstić information content (AvgIpc) is 2.61. The number of aldehydes is 1. The van der Waals surface area contributed by atoms with Gasteiger partial charge in [-0.3, -0.25) is 4.79 Å². The molecular formula is C10H8N2O2. The molecule has 0 aliphatic carbocycles. The van der Waals surface area contributed by atoms with E-state index in [0.29, 0.717) is 6.29 Å². The molecule has 0 aliphatic rings. The first-order chi connectivity index (χ1) is 6.83. The van der Waals surface area contributed by atoms with Gasteiger partial charge in [0.05, 0.1) is 11.9 Å². The van der Waals surface area contributed by atoms with E-state index in [4.69, 9.17) is 0 Å². The number of aromatic hydroxyl groups is 1. The summed E-state index contributed by atoms with van der Waals surface area (Å²) in [5.74, 6) is -0.108. The van der Waals surface area contributed by atoms with Crippen molar-refractivity contribution in [2.75, 3.05) is 0 Å². The van der Waals surface area contributed by atoms with Gasteiger partial charge in [0.15, 0.2) is 12.0 Å². The Morgan fingerprint density at radius 1 is 1.29 bits per heavy atom. The maximum Gasteiger partial charge on any atom is 0.172 e. The average molecular weight is 188 g/mol. The first kappa shape index (κ1) is 8.50. The van der Waals surface area contributed by atoms with Gasteiger partial charge in [-0.05, 0) is 12.1 Å². The molecule has 0 unspecified atom stereocenters. The van der Waals surface area contributed by atoms with Crippen molar-refractivity contribution in [1.82, 2.24) is 9.78 Å². The predicted molar refractivity (Wildman–Crippen MR) is 50.6 cm³/mol. The standard InChI is InChI=1S/C10H8N2O2/c13-7-9-10(14)6-11-12(9)8-4-2-1-3-5-8/h1-7,14H. The topological polar surface area (TPSA) is 55.1 Å². The normalized spacial score (nSPS) is 10.0. The summed E-state index contributed by atoms with van der Waals surface area (Å²) in [6.45, 7) is 0. The molecule has 0 amide bonds. The smallest absolute Gasteiger partial charge is 0.172 e. The first-order valence-corrected chi connectivity index (χ1v) is 4.10. The fourth-order valence-electron chi connectivity index (χ4n) is 1.23. The summed E-state index contributed by atoms with van der Waals surface area (Å²) in [5.41, 5.74) is 0.908. The summed E-state index contributed by atoms with van der Waals surface area (Å²) in [4.78, 5) is 10.7. The lowest BCUT2D eigenvalue weighted by Crippen LogP contribution is -2.00. The van der Waals surface area contributed by atoms with Crippen molar-refractivity contribution in [3.05, 3.63) is 42.2 Å². The van der Waals surface area contributed by atoms with Crippen LogP contribution in [0.15, 0.2) is 36.5 Å². The van der Waals surface area contributed by atoms with Gasteiger partial charge < -0.3 is 5.11 Å². The fourth-order valence-corrected chi connectivity index (χ4v) is 1.23. The van der Waals surface area contributed by atoms with Gasteiger partial charge >= 0.3 is 0 Å². The molecule has 1 aromatic carbocycles. The number of para-hydroxylation sites is 1. The molecule has 1 heterocycles. The predicted octanol–water partition coefficient (Wildman–Crippen LogP) is 1.39. The maximum absolute atomic E-state index is 10.7. The zero-order valence-corrected chi connectivity index (χ0v) is 7.29. The van der Waals surface area contributed by atoms with Crippen LogP contribution in [0.4, 0.5) is 0 Å². The van der Waals surface area contributed by atoms with Gasteiger partial charge in [0.2, 0.25) is 0 Å². The lowest BCUT2D eigenvalue weighted by Gasteiger charge is -2.01. The van der Waals surface area contributed by atoms with E-state index in [1.807, 2.05) is 18.2 Å². The van der Waals surface area contributed by atoms with Gasteiger partial charge in [0.1, 0.15) is 5.69 Å². The third-order valence-corrected chi connectivity index (χ3v) is 1.90. The van der Waals surface area contributed by atoms with Crippen molar-refractivity contribution >= 4 is 6.29 Å². The number of aromatic nitrogens is 2. The Labute approximate surface area is 80.4 Å². The molecule has 70 valence electrons. The highest BCUT2D eigenvalue weighted by molar-refractivity contribution is 5.77. The first-order valence-electron chi connectivity index (χ1n) is 4.10. The quantitative estimate of drug-likeness (QED) is 0.724. The Bertz CT molecular complexity index is 448. The van der Waals surface area contributed by atoms with E-state index in [9.17, 15) is 9.90 Å². The highest BCUT2D eigenvalue weighted by atomic mass is 16.3. The molecule has 0 saturated carbocycles. The number of nitrogens with zero attached hydrogens (tertiary/aromatic N) is 2. The zero-order chi connectivity index (χ0) is 9.97. The molecule has 0 spiro atoms. The largest absolute Gasteiger partial charge is 0.504 e. The summed E-state index contributed by atoms with van der Waals surface area (Å²) in [5, 5.41) is 13.2. The van der Waals surface area contributed by atoms with Crippen LogP contribution in [-0.2, 0) is 0 Å². The van der Waals surface area contributed by atoms with E-state index in [0.717, 1.165) is 5.69 Å². The maximum atomic E-state index is 10.7. The van der Waals surface area contributed by atoms with Gasteiger partial charge in [-0.15, -0.1) is 0 Å². The van der Waals surface area contributed by atoms with Gasteiger partial charge in [-0.25, -0.2) is 4.68 Å². The Balaban J connectivity index is 2.57.